The van der Waals surface area contributed by atoms with Gasteiger partial charge >= 0.3 is 0 Å². The number of hydrogen-bond donors (Lipinski definition) is 1. The van der Waals surface area contributed by atoms with Gasteiger partial charge in [0.25, 0.3) is 0 Å². The molecule has 1 N–H and O–H groups in total. The molecule has 2 aliphatic heterocycles. The van der Waals surface area contributed by atoms with Crippen molar-refractivity contribution in [2.75, 3.05) is 24.5 Å². The number of amides is 1. The summed E-state index contributed by atoms with van der Waals surface area (Å²) in [5.74, 6) is -0.341. The van der Waals surface area contributed by atoms with E-state index in [2.05, 4.69) is 21.3 Å². The topological polar surface area (TPSA) is 72.3 Å². The summed E-state index contributed by atoms with van der Waals surface area (Å²) in [6.07, 6.45) is 5.09. The quantitative estimate of drug-likeness (QED) is 0.801. The van der Waals surface area contributed by atoms with Gasteiger partial charge in [0.1, 0.15) is 23.5 Å². The average Bonchev–Trinajstić information content (AvgIpc) is 3.51. The number of likely N-dealkylation sites (tertiary alicyclic amines) is 1. The van der Waals surface area contributed by atoms with Crippen LogP contribution in [-0.2, 0) is 10.3 Å². The summed E-state index contributed by atoms with van der Waals surface area (Å²) in [6.45, 7) is 1.40. The second-order valence-corrected chi connectivity index (χ2v) is 8.70. The lowest BCUT2D eigenvalue weighted by atomic mass is 10.0. The number of hydrogen-bond acceptors (Lipinski definition) is 5. The molecule has 2 saturated heterocycles. The number of rotatable bonds is 5. The number of aromatic nitrogens is 1. The van der Waals surface area contributed by atoms with E-state index in [0.717, 1.165) is 37.6 Å². The van der Waals surface area contributed by atoms with Gasteiger partial charge in [-0.2, -0.15) is 5.26 Å². The standard InChI is InChI=1S/C23H23F2N5O/c24-17-7-16(8-18(25)9-17)23(5-6-23)28-12-22(31)29-13-19-2-3-20(14-29)30(19)21-4-1-15(10-26)11-27-21/h1,4,7-9,11,19-20,28H,2-3,5-6,12-14H2. The van der Waals surface area contributed by atoms with E-state index in [4.69, 9.17) is 5.26 Å². The number of nitrogens with zero attached hydrogens (tertiary/aromatic N) is 4. The zero-order valence-electron chi connectivity index (χ0n) is 17.0. The molecule has 3 heterocycles. The molecule has 160 valence electrons. The summed E-state index contributed by atoms with van der Waals surface area (Å²) >= 11 is 0. The molecule has 0 spiro atoms. The van der Waals surface area contributed by atoms with Crippen molar-refractivity contribution in [2.45, 2.75) is 43.3 Å². The molecule has 1 aliphatic carbocycles. The molecule has 31 heavy (non-hydrogen) atoms. The number of nitriles is 1. The van der Waals surface area contributed by atoms with Crippen molar-refractivity contribution in [3.05, 3.63) is 59.3 Å². The predicted molar refractivity (Wildman–Crippen MR) is 110 cm³/mol. The fraction of sp³-hybridized carbons (Fsp3) is 0.435. The van der Waals surface area contributed by atoms with Crippen LogP contribution in [0.25, 0.3) is 0 Å². The number of carbonyl (C=O) groups is 1. The fourth-order valence-electron chi connectivity index (χ4n) is 4.96. The smallest absolute Gasteiger partial charge is 0.236 e. The van der Waals surface area contributed by atoms with Gasteiger partial charge in [0.15, 0.2) is 0 Å². The normalized spacial score (nSPS) is 23.5. The maximum absolute atomic E-state index is 13.6. The van der Waals surface area contributed by atoms with Gasteiger partial charge in [-0.1, -0.05) is 0 Å². The third kappa shape index (κ3) is 3.74. The summed E-state index contributed by atoms with van der Waals surface area (Å²) in [5.41, 5.74) is 0.587. The zero-order valence-corrected chi connectivity index (χ0v) is 17.0. The van der Waals surface area contributed by atoms with E-state index >= 15 is 0 Å². The summed E-state index contributed by atoms with van der Waals surface area (Å²) in [7, 11) is 0. The van der Waals surface area contributed by atoms with Crippen molar-refractivity contribution in [1.82, 2.24) is 15.2 Å². The Morgan fingerprint density at radius 2 is 1.84 bits per heavy atom. The van der Waals surface area contributed by atoms with Crippen LogP contribution in [0.2, 0.25) is 0 Å². The molecule has 3 aliphatic rings. The second kappa shape index (κ2) is 7.57. The van der Waals surface area contributed by atoms with Crippen LogP contribution in [0.3, 0.4) is 0 Å². The van der Waals surface area contributed by atoms with Crippen molar-refractivity contribution < 1.29 is 13.6 Å². The van der Waals surface area contributed by atoms with E-state index < -0.39 is 17.2 Å². The van der Waals surface area contributed by atoms with E-state index in [9.17, 15) is 13.6 Å². The van der Waals surface area contributed by atoms with Gasteiger partial charge in [0.2, 0.25) is 5.91 Å². The van der Waals surface area contributed by atoms with Gasteiger partial charge in [-0.3, -0.25) is 10.1 Å². The Balaban J connectivity index is 1.22. The first-order valence-electron chi connectivity index (χ1n) is 10.6. The number of fused-ring (bicyclic) bond motifs is 2. The highest BCUT2D eigenvalue weighted by Crippen LogP contribution is 2.45. The van der Waals surface area contributed by atoms with Crippen LogP contribution in [0.15, 0.2) is 36.5 Å². The van der Waals surface area contributed by atoms with Crippen LogP contribution in [0, 0.1) is 23.0 Å². The van der Waals surface area contributed by atoms with Gasteiger partial charge in [-0.15, -0.1) is 0 Å². The molecule has 1 saturated carbocycles. The molecular formula is C23H23F2N5O. The minimum Gasteiger partial charge on any atom is -0.347 e. The van der Waals surface area contributed by atoms with Crippen molar-refractivity contribution in [3.8, 4) is 6.07 Å². The van der Waals surface area contributed by atoms with Crippen LogP contribution in [-0.4, -0.2) is 47.5 Å². The number of pyridine rings is 1. The first-order chi connectivity index (χ1) is 15.0. The molecule has 1 amide bonds. The highest BCUT2D eigenvalue weighted by molar-refractivity contribution is 5.79. The summed E-state index contributed by atoms with van der Waals surface area (Å²) in [5, 5.41) is 12.2. The monoisotopic (exact) mass is 423 g/mol. The van der Waals surface area contributed by atoms with Gasteiger partial charge in [0, 0.05) is 43.0 Å². The Labute approximate surface area is 179 Å². The van der Waals surface area contributed by atoms with Crippen molar-refractivity contribution >= 4 is 11.7 Å². The van der Waals surface area contributed by atoms with E-state index in [0.29, 0.717) is 24.2 Å². The summed E-state index contributed by atoms with van der Waals surface area (Å²) in [4.78, 5) is 21.5. The van der Waals surface area contributed by atoms with E-state index in [1.165, 1.54) is 12.1 Å². The first-order valence-corrected chi connectivity index (χ1v) is 10.6. The molecule has 2 aromatic rings. The highest BCUT2D eigenvalue weighted by Gasteiger charge is 2.46. The molecule has 8 heteroatoms. The molecule has 2 bridgehead atoms. The molecule has 5 rings (SSSR count). The third-order valence-corrected chi connectivity index (χ3v) is 6.72. The zero-order chi connectivity index (χ0) is 21.6. The minimum atomic E-state index is -0.599. The summed E-state index contributed by atoms with van der Waals surface area (Å²) in [6, 6.07) is 9.69. The average molecular weight is 423 g/mol. The van der Waals surface area contributed by atoms with Gasteiger partial charge in [-0.05, 0) is 55.5 Å². The third-order valence-electron chi connectivity index (χ3n) is 6.72. The second-order valence-electron chi connectivity index (χ2n) is 8.70. The minimum absolute atomic E-state index is 0.00693. The van der Waals surface area contributed by atoms with Crippen LogP contribution >= 0.6 is 0 Å². The molecule has 2 unspecified atom stereocenters. The molecule has 1 aromatic carbocycles. The number of piperazine rings is 1. The lowest BCUT2D eigenvalue weighted by molar-refractivity contribution is -0.131. The molecular weight excluding hydrogens is 400 g/mol. The number of halogens is 2. The number of benzene rings is 1. The van der Waals surface area contributed by atoms with Crippen LogP contribution in [0.4, 0.5) is 14.6 Å². The van der Waals surface area contributed by atoms with Gasteiger partial charge < -0.3 is 9.80 Å². The lowest BCUT2D eigenvalue weighted by Crippen LogP contribution is -2.57. The van der Waals surface area contributed by atoms with E-state index in [-0.39, 0.29) is 24.5 Å². The van der Waals surface area contributed by atoms with Gasteiger partial charge in [0.05, 0.1) is 12.1 Å². The molecule has 3 fully saturated rings. The highest BCUT2D eigenvalue weighted by atomic mass is 19.1. The largest absolute Gasteiger partial charge is 0.347 e. The Hall–Kier alpha value is -3.05. The van der Waals surface area contributed by atoms with Crippen LogP contribution in [0.1, 0.15) is 36.8 Å². The SMILES string of the molecule is N#Cc1ccc(N2C3CCC2CN(C(=O)CNC2(c4cc(F)cc(F)c4)CC2)C3)nc1. The van der Waals surface area contributed by atoms with Gasteiger partial charge in [-0.25, -0.2) is 13.8 Å². The number of anilines is 1. The Morgan fingerprint density at radius 1 is 1.16 bits per heavy atom. The molecule has 1 aromatic heterocycles. The van der Waals surface area contributed by atoms with Crippen LogP contribution < -0.4 is 10.2 Å². The number of nitrogens with one attached hydrogen (secondary N) is 1. The number of carbonyl (C=O) groups excluding carboxylic acids is 1. The maximum atomic E-state index is 13.6. The Morgan fingerprint density at radius 3 is 2.39 bits per heavy atom. The molecule has 2 atom stereocenters. The molecule has 0 radical (unpaired) electrons. The maximum Gasteiger partial charge on any atom is 0.236 e. The van der Waals surface area contributed by atoms with Crippen molar-refractivity contribution in [1.29, 1.82) is 5.26 Å². The molecule has 6 nitrogen and oxygen atoms in total. The Kier molecular flexibility index (Phi) is 4.86. The predicted octanol–water partition coefficient (Wildman–Crippen LogP) is 2.69. The van der Waals surface area contributed by atoms with Crippen molar-refractivity contribution in [2.24, 2.45) is 0 Å². The van der Waals surface area contributed by atoms with Crippen LogP contribution in [0.5, 0.6) is 0 Å². The first kappa shape index (κ1) is 19.9. The van der Waals surface area contributed by atoms with E-state index in [1.54, 1.807) is 12.3 Å². The Bertz CT molecular complexity index is 1010. The van der Waals surface area contributed by atoms with E-state index in [1.807, 2.05) is 11.0 Å². The summed E-state index contributed by atoms with van der Waals surface area (Å²) < 4.78 is 27.2. The van der Waals surface area contributed by atoms with Crippen molar-refractivity contribution in [3.63, 3.8) is 0 Å². The fourth-order valence-corrected chi connectivity index (χ4v) is 4.96. The lowest BCUT2D eigenvalue weighted by Gasteiger charge is -2.42.